The normalized spacial score (nSPS) is 11.4. The molecule has 1 nitrogen and oxygen atoms in total. The zero-order valence-corrected chi connectivity index (χ0v) is 11.4. The van der Waals surface area contributed by atoms with Crippen LogP contribution in [0, 0.1) is 0 Å². The number of rotatable bonds is 3. The van der Waals surface area contributed by atoms with Gasteiger partial charge in [-0.1, -0.05) is 35.3 Å². The summed E-state index contributed by atoms with van der Waals surface area (Å²) in [6.45, 7) is 0. The molecule has 0 saturated carbocycles. The number of hydrogen-bond acceptors (Lipinski definition) is 1. The molecule has 0 amide bonds. The molecule has 2 aromatic rings. The molecule has 3 heteroatoms. The Kier molecular flexibility index (Phi) is 4.29. The minimum absolute atomic E-state index is 0.681. The second kappa shape index (κ2) is 5.94. The number of hydrogen-bond donors (Lipinski definition) is 0. The van der Waals surface area contributed by atoms with Crippen molar-refractivity contribution in [2.24, 2.45) is 0 Å². The van der Waals surface area contributed by atoms with Crippen LogP contribution in [0.15, 0.2) is 48.5 Å². The number of halogens is 2. The van der Waals surface area contributed by atoms with Crippen LogP contribution in [0.3, 0.4) is 0 Å². The monoisotopic (exact) mass is 278 g/mol. The van der Waals surface area contributed by atoms with Crippen LogP contribution in [-0.4, -0.2) is 7.11 Å². The SMILES string of the molecule is COc1ccc(/C(Cl)=C/c2ccc(Cl)cc2)cc1. The second-order valence-electron chi connectivity index (χ2n) is 3.77. The van der Waals surface area contributed by atoms with E-state index >= 15 is 0 Å². The summed E-state index contributed by atoms with van der Waals surface area (Å²) in [5.41, 5.74) is 1.97. The smallest absolute Gasteiger partial charge is 0.118 e. The van der Waals surface area contributed by atoms with E-state index in [4.69, 9.17) is 27.9 Å². The standard InChI is InChI=1S/C15H12Cl2O/c1-18-14-8-4-12(5-9-14)15(17)10-11-2-6-13(16)7-3-11/h2-10H,1H3/b15-10-. The summed E-state index contributed by atoms with van der Waals surface area (Å²) in [4.78, 5) is 0. The van der Waals surface area contributed by atoms with Crippen LogP contribution >= 0.6 is 23.2 Å². The third-order valence-electron chi connectivity index (χ3n) is 2.53. The molecular weight excluding hydrogens is 267 g/mol. The lowest BCUT2D eigenvalue weighted by atomic mass is 10.1. The molecule has 18 heavy (non-hydrogen) atoms. The molecule has 0 saturated heterocycles. The Bertz CT molecular complexity index is 542. The summed E-state index contributed by atoms with van der Waals surface area (Å²) >= 11 is 12.1. The van der Waals surface area contributed by atoms with Gasteiger partial charge in [0.15, 0.2) is 0 Å². The molecule has 2 rings (SSSR count). The highest BCUT2D eigenvalue weighted by atomic mass is 35.5. The van der Waals surface area contributed by atoms with Crippen LogP contribution in [0.4, 0.5) is 0 Å². The first-order chi connectivity index (χ1) is 8.69. The van der Waals surface area contributed by atoms with Crippen molar-refractivity contribution in [3.8, 4) is 5.75 Å². The molecule has 0 spiro atoms. The van der Waals surface area contributed by atoms with Gasteiger partial charge in [-0.2, -0.15) is 0 Å². The summed E-state index contributed by atoms with van der Waals surface area (Å²) in [6, 6.07) is 15.1. The zero-order chi connectivity index (χ0) is 13.0. The Hall–Kier alpha value is -1.44. The van der Waals surface area contributed by atoms with E-state index < -0.39 is 0 Å². The fourth-order valence-electron chi connectivity index (χ4n) is 1.54. The molecule has 0 bridgehead atoms. The highest BCUT2D eigenvalue weighted by molar-refractivity contribution is 6.51. The van der Waals surface area contributed by atoms with E-state index in [1.165, 1.54) is 0 Å². The van der Waals surface area contributed by atoms with Crippen molar-refractivity contribution in [2.45, 2.75) is 0 Å². The molecular formula is C15H12Cl2O. The van der Waals surface area contributed by atoms with Crippen LogP contribution < -0.4 is 4.74 Å². The van der Waals surface area contributed by atoms with Gasteiger partial charge < -0.3 is 4.74 Å². The topological polar surface area (TPSA) is 9.23 Å². The number of ether oxygens (including phenoxy) is 1. The van der Waals surface area contributed by atoms with E-state index in [1.807, 2.05) is 54.6 Å². The van der Waals surface area contributed by atoms with E-state index in [-0.39, 0.29) is 0 Å². The fourth-order valence-corrected chi connectivity index (χ4v) is 1.92. The molecule has 0 radical (unpaired) electrons. The van der Waals surface area contributed by atoms with Crippen LogP contribution in [0.2, 0.25) is 5.02 Å². The molecule has 0 aliphatic heterocycles. The van der Waals surface area contributed by atoms with Crippen molar-refractivity contribution >= 4 is 34.3 Å². The van der Waals surface area contributed by atoms with Gasteiger partial charge in [0.05, 0.1) is 7.11 Å². The first kappa shape index (κ1) is 13.0. The molecule has 0 aliphatic carbocycles. The van der Waals surface area contributed by atoms with E-state index in [0.29, 0.717) is 10.1 Å². The summed E-state index contributed by atoms with van der Waals surface area (Å²) < 4.78 is 5.10. The van der Waals surface area contributed by atoms with Crippen molar-refractivity contribution in [3.63, 3.8) is 0 Å². The largest absolute Gasteiger partial charge is 0.497 e. The Morgan fingerprint density at radius 3 is 2.17 bits per heavy atom. The maximum absolute atomic E-state index is 6.26. The maximum Gasteiger partial charge on any atom is 0.118 e. The number of methoxy groups -OCH3 is 1. The predicted molar refractivity (Wildman–Crippen MR) is 78.2 cm³/mol. The van der Waals surface area contributed by atoms with E-state index in [9.17, 15) is 0 Å². The Labute approximate surface area is 117 Å². The Balaban J connectivity index is 2.23. The maximum atomic E-state index is 6.26. The molecule has 92 valence electrons. The van der Waals surface area contributed by atoms with Crippen LogP contribution in [0.1, 0.15) is 11.1 Å². The minimum Gasteiger partial charge on any atom is -0.497 e. The second-order valence-corrected chi connectivity index (χ2v) is 4.62. The molecule has 0 aromatic heterocycles. The molecule has 0 aliphatic rings. The predicted octanol–water partition coefficient (Wildman–Crippen LogP) is 5.09. The lowest BCUT2D eigenvalue weighted by Gasteiger charge is -2.02. The Morgan fingerprint density at radius 1 is 1.00 bits per heavy atom. The molecule has 0 atom stereocenters. The number of benzene rings is 2. The van der Waals surface area contributed by atoms with Crippen LogP contribution in [0.5, 0.6) is 5.75 Å². The van der Waals surface area contributed by atoms with Crippen molar-refractivity contribution < 1.29 is 4.74 Å². The average Bonchev–Trinajstić information content (AvgIpc) is 2.41. The first-order valence-electron chi connectivity index (χ1n) is 5.46. The van der Waals surface area contributed by atoms with E-state index in [2.05, 4.69) is 0 Å². The fraction of sp³-hybridized carbons (Fsp3) is 0.0667. The summed E-state index contributed by atoms with van der Waals surface area (Å²) in [5, 5.41) is 1.40. The van der Waals surface area contributed by atoms with Gasteiger partial charge in [0.25, 0.3) is 0 Å². The third-order valence-corrected chi connectivity index (χ3v) is 3.11. The van der Waals surface area contributed by atoms with Crippen LogP contribution in [0.25, 0.3) is 11.1 Å². The highest BCUT2D eigenvalue weighted by Crippen LogP contribution is 2.24. The third kappa shape index (κ3) is 3.28. The van der Waals surface area contributed by atoms with Gasteiger partial charge >= 0.3 is 0 Å². The molecule has 0 N–H and O–H groups in total. The Morgan fingerprint density at radius 2 is 1.61 bits per heavy atom. The van der Waals surface area contributed by atoms with Crippen molar-refractivity contribution in [1.29, 1.82) is 0 Å². The van der Waals surface area contributed by atoms with Gasteiger partial charge in [-0.25, -0.2) is 0 Å². The summed E-state index contributed by atoms with van der Waals surface area (Å²) in [7, 11) is 1.64. The summed E-state index contributed by atoms with van der Waals surface area (Å²) in [5.74, 6) is 0.815. The lowest BCUT2D eigenvalue weighted by molar-refractivity contribution is 0.415. The zero-order valence-electron chi connectivity index (χ0n) is 9.86. The summed E-state index contributed by atoms with van der Waals surface area (Å²) in [6.07, 6.45) is 1.90. The minimum atomic E-state index is 0.681. The molecule has 0 unspecified atom stereocenters. The molecule has 0 heterocycles. The van der Waals surface area contributed by atoms with Crippen molar-refractivity contribution in [2.75, 3.05) is 7.11 Å². The van der Waals surface area contributed by atoms with Crippen molar-refractivity contribution in [1.82, 2.24) is 0 Å². The first-order valence-corrected chi connectivity index (χ1v) is 6.22. The van der Waals surface area contributed by atoms with Gasteiger partial charge in [-0.3, -0.25) is 0 Å². The van der Waals surface area contributed by atoms with Gasteiger partial charge in [-0.15, -0.1) is 0 Å². The molecule has 2 aromatic carbocycles. The van der Waals surface area contributed by atoms with Gasteiger partial charge in [-0.05, 0) is 53.6 Å². The van der Waals surface area contributed by atoms with Gasteiger partial charge in [0.1, 0.15) is 5.75 Å². The lowest BCUT2D eigenvalue weighted by Crippen LogP contribution is -1.83. The van der Waals surface area contributed by atoms with E-state index in [0.717, 1.165) is 16.9 Å². The average molecular weight is 279 g/mol. The quantitative estimate of drug-likeness (QED) is 0.711. The van der Waals surface area contributed by atoms with E-state index in [1.54, 1.807) is 7.11 Å². The van der Waals surface area contributed by atoms with Crippen molar-refractivity contribution in [3.05, 3.63) is 64.7 Å². The molecule has 0 fully saturated rings. The highest BCUT2D eigenvalue weighted by Gasteiger charge is 1.99. The van der Waals surface area contributed by atoms with Crippen LogP contribution in [-0.2, 0) is 0 Å². The van der Waals surface area contributed by atoms with Gasteiger partial charge in [0, 0.05) is 10.1 Å². The van der Waals surface area contributed by atoms with Gasteiger partial charge in [0.2, 0.25) is 0 Å².